The van der Waals surface area contributed by atoms with Gasteiger partial charge in [-0.2, -0.15) is 0 Å². The van der Waals surface area contributed by atoms with E-state index in [0.29, 0.717) is 0 Å². The monoisotopic (exact) mass is 168 g/mol. The van der Waals surface area contributed by atoms with Gasteiger partial charge in [0.1, 0.15) is 0 Å². The third kappa shape index (κ3) is 5.90. The van der Waals surface area contributed by atoms with Crippen molar-refractivity contribution in [1.82, 2.24) is 0 Å². The molecule has 11 heavy (non-hydrogen) atoms. The molecule has 0 aromatic rings. The van der Waals surface area contributed by atoms with Gasteiger partial charge in [-0.15, -0.1) is 18.4 Å². The predicted molar refractivity (Wildman–Crippen MR) is 51.7 cm³/mol. The minimum absolute atomic E-state index is 0.742. The van der Waals surface area contributed by atoms with Crippen LogP contribution in [0.1, 0.15) is 13.3 Å². The molecule has 0 aromatic carbocycles. The maximum atomic E-state index is 5.60. The van der Waals surface area contributed by atoms with Crippen molar-refractivity contribution in [3.8, 4) is 11.8 Å². The van der Waals surface area contributed by atoms with E-state index < -0.39 is 8.32 Å². The van der Waals surface area contributed by atoms with Crippen LogP contribution in [0.2, 0.25) is 13.1 Å². The Bertz CT molecular complexity index is 174. The fourth-order valence-electron chi connectivity index (χ4n) is 0.549. The predicted octanol–water partition coefficient (Wildman–Crippen LogP) is 2.35. The highest BCUT2D eigenvalue weighted by Crippen LogP contribution is 2.04. The lowest BCUT2D eigenvalue weighted by Crippen LogP contribution is -2.27. The smallest absolute Gasteiger partial charge is 0.210 e. The van der Waals surface area contributed by atoms with Gasteiger partial charge in [0.15, 0.2) is 0 Å². The standard InChI is InChI=1S/C9H16OSi/c1-5-7-8-9-10-11(3,4)6-2/h6H,2,8-9H2,1,3-4H3. The minimum atomic E-state index is -1.53. The first-order chi connectivity index (χ1) is 5.12. The van der Waals surface area contributed by atoms with Crippen LogP contribution in [0.25, 0.3) is 0 Å². The molecule has 0 unspecified atom stereocenters. The van der Waals surface area contributed by atoms with E-state index in [1.807, 2.05) is 12.6 Å². The van der Waals surface area contributed by atoms with Gasteiger partial charge in [0.05, 0.1) is 0 Å². The second kappa shape index (κ2) is 5.17. The van der Waals surface area contributed by atoms with E-state index in [9.17, 15) is 0 Å². The lowest BCUT2D eigenvalue weighted by Gasteiger charge is -2.16. The second-order valence-electron chi connectivity index (χ2n) is 2.83. The van der Waals surface area contributed by atoms with Crippen LogP contribution >= 0.6 is 0 Å². The molecule has 0 aliphatic carbocycles. The van der Waals surface area contributed by atoms with Gasteiger partial charge in [0.2, 0.25) is 8.32 Å². The van der Waals surface area contributed by atoms with Crippen molar-refractivity contribution in [2.45, 2.75) is 26.4 Å². The van der Waals surface area contributed by atoms with Crippen LogP contribution in [0.5, 0.6) is 0 Å². The molecule has 0 aromatic heterocycles. The van der Waals surface area contributed by atoms with E-state index >= 15 is 0 Å². The summed E-state index contributed by atoms with van der Waals surface area (Å²) in [6.07, 6.45) is 0.834. The Kier molecular flexibility index (Phi) is 4.92. The summed E-state index contributed by atoms with van der Waals surface area (Å²) in [5.41, 5.74) is 1.94. The first-order valence-corrected chi connectivity index (χ1v) is 6.78. The van der Waals surface area contributed by atoms with E-state index in [0.717, 1.165) is 13.0 Å². The molecule has 0 bridgehead atoms. The van der Waals surface area contributed by atoms with E-state index in [1.165, 1.54) is 0 Å². The molecular formula is C9H16OSi. The summed E-state index contributed by atoms with van der Waals surface area (Å²) in [5, 5.41) is 0. The SMILES string of the molecule is C=C[Si](C)(C)OCCC#CC. The molecule has 0 atom stereocenters. The van der Waals surface area contributed by atoms with Crippen molar-refractivity contribution in [2.24, 2.45) is 0 Å². The van der Waals surface area contributed by atoms with Crippen LogP contribution < -0.4 is 0 Å². The Hall–Kier alpha value is -0.523. The lowest BCUT2D eigenvalue weighted by atomic mass is 10.5. The second-order valence-corrected chi connectivity index (χ2v) is 6.74. The largest absolute Gasteiger partial charge is 0.413 e. The molecule has 0 heterocycles. The van der Waals surface area contributed by atoms with E-state index in [1.54, 1.807) is 0 Å². The molecule has 0 rings (SSSR count). The molecular weight excluding hydrogens is 152 g/mol. The molecule has 0 spiro atoms. The van der Waals surface area contributed by atoms with Gasteiger partial charge in [0, 0.05) is 13.0 Å². The van der Waals surface area contributed by atoms with Crippen LogP contribution in [0.3, 0.4) is 0 Å². The summed E-state index contributed by atoms with van der Waals surface area (Å²) in [7, 11) is -1.53. The highest BCUT2D eigenvalue weighted by molar-refractivity contribution is 6.76. The van der Waals surface area contributed by atoms with Crippen molar-refractivity contribution < 1.29 is 4.43 Å². The summed E-state index contributed by atoms with van der Waals surface area (Å²) in [6, 6.07) is 0. The van der Waals surface area contributed by atoms with Gasteiger partial charge in [-0.1, -0.05) is 5.70 Å². The topological polar surface area (TPSA) is 9.23 Å². The molecule has 0 aliphatic rings. The summed E-state index contributed by atoms with van der Waals surface area (Å²) < 4.78 is 5.60. The van der Waals surface area contributed by atoms with Crippen molar-refractivity contribution in [2.75, 3.05) is 6.61 Å². The normalized spacial score (nSPS) is 10.1. The van der Waals surface area contributed by atoms with E-state index in [-0.39, 0.29) is 0 Å². The average molecular weight is 168 g/mol. The zero-order valence-corrected chi connectivity index (χ0v) is 8.61. The van der Waals surface area contributed by atoms with Gasteiger partial charge in [-0.05, 0) is 20.0 Å². The third-order valence-corrected chi connectivity index (χ3v) is 3.30. The Balaban J connectivity index is 3.50. The molecule has 0 amide bonds. The Morgan fingerprint density at radius 1 is 1.55 bits per heavy atom. The van der Waals surface area contributed by atoms with Crippen molar-refractivity contribution >= 4 is 8.32 Å². The zero-order chi connectivity index (χ0) is 8.74. The van der Waals surface area contributed by atoms with Crippen molar-refractivity contribution in [3.63, 3.8) is 0 Å². The van der Waals surface area contributed by atoms with Crippen LogP contribution in [-0.4, -0.2) is 14.9 Å². The third-order valence-electron chi connectivity index (χ3n) is 1.37. The molecule has 0 radical (unpaired) electrons. The summed E-state index contributed by atoms with van der Waals surface area (Å²) in [4.78, 5) is 0. The molecule has 0 saturated carbocycles. The van der Waals surface area contributed by atoms with Crippen LogP contribution in [0.15, 0.2) is 12.3 Å². The quantitative estimate of drug-likeness (QED) is 0.356. The van der Waals surface area contributed by atoms with Gasteiger partial charge >= 0.3 is 0 Å². The first-order valence-electron chi connectivity index (χ1n) is 3.79. The molecule has 0 fully saturated rings. The molecule has 0 N–H and O–H groups in total. The van der Waals surface area contributed by atoms with Crippen molar-refractivity contribution in [1.29, 1.82) is 0 Å². The highest BCUT2D eigenvalue weighted by Gasteiger charge is 2.15. The lowest BCUT2D eigenvalue weighted by molar-refractivity contribution is 0.324. The summed E-state index contributed by atoms with van der Waals surface area (Å²) in [5.74, 6) is 5.79. The average Bonchev–Trinajstić information content (AvgIpc) is 1.99. The molecule has 2 heteroatoms. The summed E-state index contributed by atoms with van der Waals surface area (Å²) in [6.45, 7) is 10.6. The minimum Gasteiger partial charge on any atom is -0.413 e. The van der Waals surface area contributed by atoms with Crippen LogP contribution in [-0.2, 0) is 4.43 Å². The first kappa shape index (κ1) is 10.5. The number of hydrogen-bond donors (Lipinski definition) is 0. The zero-order valence-electron chi connectivity index (χ0n) is 7.61. The van der Waals surface area contributed by atoms with Gasteiger partial charge in [-0.3, -0.25) is 0 Å². The molecule has 1 nitrogen and oxygen atoms in total. The van der Waals surface area contributed by atoms with Crippen LogP contribution in [0.4, 0.5) is 0 Å². The van der Waals surface area contributed by atoms with Gasteiger partial charge in [-0.25, -0.2) is 0 Å². The van der Waals surface area contributed by atoms with Crippen LogP contribution in [0, 0.1) is 11.8 Å². The van der Waals surface area contributed by atoms with E-state index in [4.69, 9.17) is 4.43 Å². The summed E-state index contributed by atoms with van der Waals surface area (Å²) >= 11 is 0. The number of rotatable bonds is 4. The van der Waals surface area contributed by atoms with Gasteiger partial charge < -0.3 is 4.43 Å². The molecule has 0 saturated heterocycles. The highest BCUT2D eigenvalue weighted by atomic mass is 28.4. The molecule has 0 aliphatic heterocycles. The number of hydrogen-bond acceptors (Lipinski definition) is 1. The van der Waals surface area contributed by atoms with Crippen molar-refractivity contribution in [3.05, 3.63) is 12.3 Å². The fraction of sp³-hybridized carbons (Fsp3) is 0.556. The Labute approximate surface area is 70.6 Å². The Morgan fingerprint density at radius 2 is 2.18 bits per heavy atom. The fourth-order valence-corrected chi connectivity index (χ4v) is 1.30. The Morgan fingerprint density at radius 3 is 2.64 bits per heavy atom. The van der Waals surface area contributed by atoms with E-state index in [2.05, 4.69) is 31.5 Å². The molecule has 62 valence electrons. The maximum absolute atomic E-state index is 5.60. The van der Waals surface area contributed by atoms with Gasteiger partial charge in [0.25, 0.3) is 0 Å². The maximum Gasteiger partial charge on any atom is 0.210 e.